The monoisotopic (exact) mass is 147 g/mol. The largest absolute Gasteiger partial charge is 0.368 e. The van der Waals surface area contributed by atoms with Gasteiger partial charge >= 0.3 is 0 Å². The number of nitrogens with zero attached hydrogens (tertiary/aromatic N) is 1. The third-order valence-corrected chi connectivity index (χ3v) is 1.79. The van der Waals surface area contributed by atoms with E-state index < -0.39 is 0 Å². The van der Waals surface area contributed by atoms with Gasteiger partial charge in [-0.25, -0.2) is 0 Å². The summed E-state index contributed by atoms with van der Waals surface area (Å²) in [4.78, 5) is 4.03. The summed E-state index contributed by atoms with van der Waals surface area (Å²) in [5.74, 6) is 0. The SMILES string of the molecule is C=Cc1ccncc1C1CO1. The lowest BCUT2D eigenvalue weighted by molar-refractivity contribution is 0.415. The number of ether oxygens (including phenoxy) is 1. The van der Waals surface area contributed by atoms with Crippen LogP contribution in [0.2, 0.25) is 0 Å². The first-order chi connectivity index (χ1) is 5.42. The zero-order valence-corrected chi connectivity index (χ0v) is 6.16. The molecule has 2 rings (SSSR count). The summed E-state index contributed by atoms with van der Waals surface area (Å²) in [6.45, 7) is 4.54. The van der Waals surface area contributed by atoms with Crippen LogP contribution < -0.4 is 0 Å². The molecule has 0 radical (unpaired) electrons. The van der Waals surface area contributed by atoms with Gasteiger partial charge in [0.2, 0.25) is 0 Å². The third-order valence-electron chi connectivity index (χ3n) is 1.79. The van der Waals surface area contributed by atoms with Crippen LogP contribution in [-0.4, -0.2) is 11.6 Å². The van der Waals surface area contributed by atoms with Gasteiger partial charge in [-0.1, -0.05) is 12.7 Å². The Labute approximate surface area is 65.5 Å². The molecule has 1 aliphatic rings. The quantitative estimate of drug-likeness (QED) is 0.596. The van der Waals surface area contributed by atoms with Crippen molar-refractivity contribution in [1.82, 2.24) is 4.98 Å². The summed E-state index contributed by atoms with van der Waals surface area (Å²) in [5.41, 5.74) is 2.28. The molecule has 0 aliphatic carbocycles. The van der Waals surface area contributed by atoms with E-state index in [2.05, 4.69) is 11.6 Å². The molecule has 11 heavy (non-hydrogen) atoms. The minimum absolute atomic E-state index is 0.275. The lowest BCUT2D eigenvalue weighted by Crippen LogP contribution is -1.86. The minimum atomic E-state index is 0.275. The molecule has 2 nitrogen and oxygen atoms in total. The fraction of sp³-hybridized carbons (Fsp3) is 0.222. The highest BCUT2D eigenvalue weighted by Crippen LogP contribution is 2.31. The Balaban J connectivity index is 2.42. The number of hydrogen-bond donors (Lipinski definition) is 0. The van der Waals surface area contributed by atoms with E-state index in [0.717, 1.165) is 17.7 Å². The first-order valence-corrected chi connectivity index (χ1v) is 3.60. The van der Waals surface area contributed by atoms with Gasteiger partial charge in [0, 0.05) is 18.0 Å². The molecule has 0 aromatic carbocycles. The maximum atomic E-state index is 5.15. The number of hydrogen-bond acceptors (Lipinski definition) is 2. The van der Waals surface area contributed by atoms with Gasteiger partial charge in [0.15, 0.2) is 0 Å². The molecule has 1 aliphatic heterocycles. The van der Waals surface area contributed by atoms with Crippen LogP contribution in [0.5, 0.6) is 0 Å². The Bertz CT molecular complexity index is 279. The second-order valence-corrected chi connectivity index (χ2v) is 2.53. The summed E-state index contributed by atoms with van der Waals surface area (Å²) in [7, 11) is 0. The predicted octanol–water partition coefficient (Wildman–Crippen LogP) is 1.80. The lowest BCUT2D eigenvalue weighted by atomic mass is 10.1. The highest BCUT2D eigenvalue weighted by atomic mass is 16.6. The Morgan fingerprint density at radius 2 is 2.55 bits per heavy atom. The summed E-state index contributed by atoms with van der Waals surface area (Å²) in [6, 6.07) is 1.95. The van der Waals surface area contributed by atoms with Crippen molar-refractivity contribution in [3.8, 4) is 0 Å². The van der Waals surface area contributed by atoms with E-state index in [4.69, 9.17) is 4.74 Å². The van der Waals surface area contributed by atoms with Crippen LogP contribution in [0, 0.1) is 0 Å². The molecule has 0 amide bonds. The molecule has 1 fully saturated rings. The molecule has 0 spiro atoms. The van der Waals surface area contributed by atoms with E-state index in [1.807, 2.05) is 18.3 Å². The van der Waals surface area contributed by atoms with Crippen molar-refractivity contribution in [2.45, 2.75) is 6.10 Å². The first kappa shape index (κ1) is 6.55. The Morgan fingerprint density at radius 3 is 3.18 bits per heavy atom. The van der Waals surface area contributed by atoms with Crippen molar-refractivity contribution in [3.05, 3.63) is 36.2 Å². The molecule has 1 saturated heterocycles. The molecule has 0 saturated carbocycles. The fourth-order valence-corrected chi connectivity index (χ4v) is 1.10. The van der Waals surface area contributed by atoms with Crippen molar-refractivity contribution >= 4 is 6.08 Å². The average Bonchev–Trinajstić information content (AvgIpc) is 2.87. The number of rotatable bonds is 2. The zero-order chi connectivity index (χ0) is 7.68. The second kappa shape index (κ2) is 2.47. The van der Waals surface area contributed by atoms with Gasteiger partial charge in [-0.15, -0.1) is 0 Å². The van der Waals surface area contributed by atoms with Gasteiger partial charge in [-0.05, 0) is 11.6 Å². The zero-order valence-electron chi connectivity index (χ0n) is 6.16. The summed E-state index contributed by atoms with van der Waals surface area (Å²) in [6.07, 6.45) is 5.72. The highest BCUT2D eigenvalue weighted by Gasteiger charge is 2.26. The lowest BCUT2D eigenvalue weighted by Gasteiger charge is -1.98. The Morgan fingerprint density at radius 1 is 1.73 bits per heavy atom. The summed E-state index contributed by atoms with van der Waals surface area (Å²) < 4.78 is 5.15. The number of aromatic nitrogens is 1. The standard InChI is InChI=1S/C9H9NO/c1-2-7-3-4-10-5-8(7)9-6-11-9/h2-5,9H,1,6H2. The molecule has 0 bridgehead atoms. The van der Waals surface area contributed by atoms with Crippen LogP contribution in [0.25, 0.3) is 6.08 Å². The van der Waals surface area contributed by atoms with Crippen molar-refractivity contribution < 1.29 is 4.74 Å². The van der Waals surface area contributed by atoms with Crippen LogP contribution >= 0.6 is 0 Å². The van der Waals surface area contributed by atoms with Gasteiger partial charge in [-0.3, -0.25) is 4.98 Å². The van der Waals surface area contributed by atoms with Crippen LogP contribution in [-0.2, 0) is 4.74 Å². The summed E-state index contributed by atoms with van der Waals surface area (Å²) in [5, 5.41) is 0. The highest BCUT2D eigenvalue weighted by molar-refractivity contribution is 5.51. The fourth-order valence-electron chi connectivity index (χ4n) is 1.10. The smallest absolute Gasteiger partial charge is 0.108 e. The normalized spacial score (nSPS) is 21.3. The minimum Gasteiger partial charge on any atom is -0.368 e. The van der Waals surface area contributed by atoms with Crippen molar-refractivity contribution in [2.75, 3.05) is 6.61 Å². The molecular formula is C9H9NO. The number of pyridine rings is 1. The maximum absolute atomic E-state index is 5.15. The molecule has 2 heterocycles. The maximum Gasteiger partial charge on any atom is 0.108 e. The van der Waals surface area contributed by atoms with Gasteiger partial charge in [-0.2, -0.15) is 0 Å². The van der Waals surface area contributed by atoms with Crippen LogP contribution in [0.4, 0.5) is 0 Å². The molecule has 1 atom stereocenters. The first-order valence-electron chi connectivity index (χ1n) is 3.60. The third kappa shape index (κ3) is 1.17. The van der Waals surface area contributed by atoms with E-state index in [-0.39, 0.29) is 6.10 Å². The second-order valence-electron chi connectivity index (χ2n) is 2.53. The van der Waals surface area contributed by atoms with Gasteiger partial charge in [0.25, 0.3) is 0 Å². The molecule has 56 valence electrons. The molecule has 0 N–H and O–H groups in total. The average molecular weight is 147 g/mol. The van der Waals surface area contributed by atoms with Crippen LogP contribution in [0.15, 0.2) is 25.0 Å². The predicted molar refractivity (Wildman–Crippen MR) is 43.0 cm³/mol. The molecule has 1 aromatic rings. The van der Waals surface area contributed by atoms with Gasteiger partial charge in [0.1, 0.15) is 6.10 Å². The van der Waals surface area contributed by atoms with Gasteiger partial charge in [0.05, 0.1) is 6.61 Å². The van der Waals surface area contributed by atoms with Crippen molar-refractivity contribution in [1.29, 1.82) is 0 Å². The molecule has 1 aromatic heterocycles. The van der Waals surface area contributed by atoms with E-state index in [1.54, 1.807) is 6.20 Å². The van der Waals surface area contributed by atoms with E-state index in [9.17, 15) is 0 Å². The van der Waals surface area contributed by atoms with E-state index in [0.29, 0.717) is 0 Å². The van der Waals surface area contributed by atoms with E-state index >= 15 is 0 Å². The van der Waals surface area contributed by atoms with Crippen LogP contribution in [0.3, 0.4) is 0 Å². The van der Waals surface area contributed by atoms with Gasteiger partial charge < -0.3 is 4.74 Å². The Kier molecular flexibility index (Phi) is 1.47. The number of epoxide rings is 1. The molecule has 2 heteroatoms. The summed E-state index contributed by atoms with van der Waals surface area (Å²) >= 11 is 0. The van der Waals surface area contributed by atoms with Crippen molar-refractivity contribution in [3.63, 3.8) is 0 Å². The Hall–Kier alpha value is -1.15. The van der Waals surface area contributed by atoms with Crippen LogP contribution in [0.1, 0.15) is 17.2 Å². The molecular weight excluding hydrogens is 138 g/mol. The molecule has 1 unspecified atom stereocenters. The topological polar surface area (TPSA) is 25.4 Å². The van der Waals surface area contributed by atoms with E-state index in [1.165, 1.54) is 0 Å². The van der Waals surface area contributed by atoms with Crippen molar-refractivity contribution in [2.24, 2.45) is 0 Å².